The topological polar surface area (TPSA) is 144 Å². The first-order chi connectivity index (χ1) is 20.2. The maximum Gasteiger partial charge on any atom is 0.338 e. The molecule has 0 heterocycles. The highest BCUT2D eigenvalue weighted by Gasteiger charge is 2.12. The first kappa shape index (κ1) is 31.3. The van der Waals surface area contributed by atoms with Gasteiger partial charge in [-0.2, -0.15) is 5.10 Å². The van der Waals surface area contributed by atoms with E-state index in [0.29, 0.717) is 40.6 Å². The Kier molecular flexibility index (Phi) is 11.6. The number of nitrogens with one attached hydrogen (secondary N) is 3. The average Bonchev–Trinajstić information content (AvgIpc) is 2.95. The van der Waals surface area contributed by atoms with Crippen LogP contribution in [0.5, 0.6) is 11.5 Å². The van der Waals surface area contributed by atoms with Gasteiger partial charge in [0, 0.05) is 11.4 Å². The van der Waals surface area contributed by atoms with E-state index in [1.807, 2.05) is 26.0 Å². The van der Waals surface area contributed by atoms with Crippen LogP contribution in [0, 0.1) is 13.8 Å². The molecular formula is C31H34N4O7. The van der Waals surface area contributed by atoms with Crippen LogP contribution in [-0.2, 0) is 19.1 Å². The molecule has 3 amide bonds. The average molecular weight is 575 g/mol. The van der Waals surface area contributed by atoms with Crippen molar-refractivity contribution in [3.05, 3.63) is 82.9 Å². The summed E-state index contributed by atoms with van der Waals surface area (Å²) in [7, 11) is 0. The van der Waals surface area contributed by atoms with Crippen LogP contribution in [0.25, 0.3) is 0 Å². The van der Waals surface area contributed by atoms with Crippen molar-refractivity contribution in [3.63, 3.8) is 0 Å². The molecule has 3 rings (SSSR count). The van der Waals surface area contributed by atoms with Gasteiger partial charge in [0.15, 0.2) is 18.1 Å². The lowest BCUT2D eigenvalue weighted by Crippen LogP contribution is -2.24. The van der Waals surface area contributed by atoms with Gasteiger partial charge >= 0.3 is 5.97 Å². The minimum Gasteiger partial charge on any atom is -0.490 e. The Morgan fingerprint density at radius 3 is 2.24 bits per heavy atom. The molecule has 0 saturated carbocycles. The van der Waals surface area contributed by atoms with Crippen LogP contribution in [0.3, 0.4) is 0 Å². The zero-order valence-corrected chi connectivity index (χ0v) is 24.0. The first-order valence-corrected chi connectivity index (χ1v) is 13.3. The number of esters is 1. The summed E-state index contributed by atoms with van der Waals surface area (Å²) < 4.78 is 16.2. The van der Waals surface area contributed by atoms with E-state index in [0.717, 1.165) is 11.1 Å². The third kappa shape index (κ3) is 9.77. The molecule has 11 nitrogen and oxygen atoms in total. The van der Waals surface area contributed by atoms with E-state index < -0.39 is 23.7 Å². The maximum atomic E-state index is 12.4. The van der Waals surface area contributed by atoms with Crippen LogP contribution in [0.15, 0.2) is 65.8 Å². The number of aryl methyl sites for hydroxylation is 2. The van der Waals surface area contributed by atoms with Crippen molar-refractivity contribution < 1.29 is 33.4 Å². The van der Waals surface area contributed by atoms with Crippen molar-refractivity contribution in [2.24, 2.45) is 5.10 Å². The summed E-state index contributed by atoms with van der Waals surface area (Å²) in [5.74, 6) is -1.14. The van der Waals surface area contributed by atoms with Crippen molar-refractivity contribution >= 4 is 41.3 Å². The van der Waals surface area contributed by atoms with Crippen LogP contribution < -0.4 is 25.5 Å². The lowest BCUT2D eigenvalue weighted by Gasteiger charge is -2.13. The van der Waals surface area contributed by atoms with Crippen molar-refractivity contribution in [3.8, 4) is 11.5 Å². The number of carbonyl (C=O) groups is 4. The summed E-state index contributed by atoms with van der Waals surface area (Å²) in [4.78, 5) is 48.5. The van der Waals surface area contributed by atoms with Gasteiger partial charge in [0.05, 0.1) is 25.0 Å². The van der Waals surface area contributed by atoms with Crippen LogP contribution in [0.1, 0.15) is 47.3 Å². The Morgan fingerprint density at radius 1 is 0.786 bits per heavy atom. The smallest absolute Gasteiger partial charge is 0.338 e. The van der Waals surface area contributed by atoms with E-state index >= 15 is 0 Å². The summed E-state index contributed by atoms with van der Waals surface area (Å²) in [5.41, 5.74) is 6.44. The number of benzene rings is 3. The zero-order valence-electron chi connectivity index (χ0n) is 24.0. The highest BCUT2D eigenvalue weighted by Crippen LogP contribution is 2.28. The van der Waals surface area contributed by atoms with Crippen molar-refractivity contribution in [2.75, 3.05) is 30.5 Å². The lowest BCUT2D eigenvalue weighted by molar-refractivity contribution is -0.126. The largest absolute Gasteiger partial charge is 0.490 e. The molecule has 0 atom stereocenters. The van der Waals surface area contributed by atoms with E-state index in [1.165, 1.54) is 6.21 Å². The van der Waals surface area contributed by atoms with Crippen LogP contribution in [-0.4, -0.2) is 49.7 Å². The second-order valence-electron chi connectivity index (χ2n) is 9.11. The fraction of sp³-hybridized carbons (Fsp3) is 0.258. The Hall–Kier alpha value is -5.19. The third-order valence-electron chi connectivity index (χ3n) is 5.69. The van der Waals surface area contributed by atoms with Gasteiger partial charge in [0.25, 0.3) is 5.91 Å². The molecule has 0 aromatic heterocycles. The fourth-order valence-corrected chi connectivity index (χ4v) is 3.75. The van der Waals surface area contributed by atoms with Crippen LogP contribution >= 0.6 is 0 Å². The van der Waals surface area contributed by atoms with Gasteiger partial charge in [0.1, 0.15) is 6.42 Å². The van der Waals surface area contributed by atoms with E-state index in [1.54, 1.807) is 62.4 Å². The first-order valence-electron chi connectivity index (χ1n) is 13.3. The highest BCUT2D eigenvalue weighted by molar-refractivity contribution is 6.04. The standard InChI is InChI=1S/C31H34N4O7/c1-5-40-27-16-22(18-32-35-29(37)17-28(36)34-25-13-7-20(3)15-21(25)4)8-14-26(27)42-19-30(38)33-24-11-9-23(10-12-24)31(39)41-6-2/h7-16,18H,5-6,17,19H2,1-4H3,(H,33,38)(H,34,36)(H,35,37). The van der Waals surface area contributed by atoms with E-state index in [9.17, 15) is 19.2 Å². The molecule has 3 N–H and O–H groups in total. The van der Waals surface area contributed by atoms with E-state index in [2.05, 4.69) is 21.2 Å². The van der Waals surface area contributed by atoms with E-state index in [-0.39, 0.29) is 19.6 Å². The number of hydrogen-bond acceptors (Lipinski definition) is 8. The van der Waals surface area contributed by atoms with Gasteiger partial charge in [-0.3, -0.25) is 14.4 Å². The van der Waals surface area contributed by atoms with Crippen molar-refractivity contribution in [1.82, 2.24) is 5.43 Å². The number of hydrazone groups is 1. The number of amides is 3. The number of hydrogen-bond donors (Lipinski definition) is 3. The molecule has 11 heteroatoms. The van der Waals surface area contributed by atoms with Gasteiger partial charge < -0.3 is 24.8 Å². The summed E-state index contributed by atoms with van der Waals surface area (Å²) in [6.07, 6.45) is 1.01. The molecule has 0 aliphatic rings. The molecule has 3 aromatic rings. The molecule has 3 aromatic carbocycles. The predicted molar refractivity (Wildman–Crippen MR) is 159 cm³/mol. The summed E-state index contributed by atoms with van der Waals surface area (Å²) in [6.45, 7) is 7.71. The van der Waals surface area contributed by atoms with Gasteiger partial charge in [0.2, 0.25) is 11.8 Å². The quantitative estimate of drug-likeness (QED) is 0.119. The van der Waals surface area contributed by atoms with Gasteiger partial charge in [-0.05, 0) is 87.4 Å². The normalized spacial score (nSPS) is 10.6. The van der Waals surface area contributed by atoms with E-state index in [4.69, 9.17) is 14.2 Å². The van der Waals surface area contributed by atoms with Gasteiger partial charge in [-0.15, -0.1) is 0 Å². The maximum absolute atomic E-state index is 12.4. The Labute approximate surface area is 244 Å². The molecule has 0 aliphatic heterocycles. The Balaban J connectivity index is 1.50. The zero-order chi connectivity index (χ0) is 30.5. The van der Waals surface area contributed by atoms with Gasteiger partial charge in [-0.25, -0.2) is 10.2 Å². The molecule has 0 saturated heterocycles. The minimum absolute atomic E-state index is 0.276. The third-order valence-corrected chi connectivity index (χ3v) is 5.69. The fourth-order valence-electron chi connectivity index (χ4n) is 3.75. The molecule has 0 fully saturated rings. The molecular weight excluding hydrogens is 540 g/mol. The Bertz CT molecular complexity index is 1450. The minimum atomic E-state index is -0.569. The highest BCUT2D eigenvalue weighted by atomic mass is 16.5. The van der Waals surface area contributed by atoms with Crippen molar-refractivity contribution in [1.29, 1.82) is 0 Å². The predicted octanol–water partition coefficient (Wildman–Crippen LogP) is 4.38. The van der Waals surface area contributed by atoms with Crippen LogP contribution in [0.4, 0.5) is 11.4 Å². The molecule has 0 aliphatic carbocycles. The molecule has 220 valence electrons. The number of nitrogens with zero attached hydrogens (tertiary/aromatic N) is 1. The van der Waals surface area contributed by atoms with Crippen molar-refractivity contribution in [2.45, 2.75) is 34.1 Å². The molecule has 0 unspecified atom stereocenters. The SMILES string of the molecule is CCOC(=O)c1ccc(NC(=O)COc2ccc(C=NNC(=O)CC(=O)Nc3ccc(C)cc3C)cc2OCC)cc1. The molecule has 42 heavy (non-hydrogen) atoms. The summed E-state index contributed by atoms with van der Waals surface area (Å²) >= 11 is 0. The Morgan fingerprint density at radius 2 is 1.55 bits per heavy atom. The summed E-state index contributed by atoms with van der Waals surface area (Å²) in [5, 5.41) is 9.33. The number of rotatable bonds is 13. The molecule has 0 bridgehead atoms. The number of anilines is 2. The van der Waals surface area contributed by atoms with Crippen LogP contribution in [0.2, 0.25) is 0 Å². The second-order valence-corrected chi connectivity index (χ2v) is 9.11. The monoisotopic (exact) mass is 574 g/mol. The van der Waals surface area contributed by atoms with Gasteiger partial charge in [-0.1, -0.05) is 17.7 Å². The molecule has 0 radical (unpaired) electrons. The second kappa shape index (κ2) is 15.6. The number of ether oxygens (including phenoxy) is 3. The number of carbonyl (C=O) groups excluding carboxylic acids is 4. The molecule has 0 spiro atoms. The lowest BCUT2D eigenvalue weighted by atomic mass is 10.1. The summed E-state index contributed by atoms with van der Waals surface area (Å²) in [6, 6.07) is 16.9.